The van der Waals surface area contributed by atoms with Crippen molar-refractivity contribution in [2.45, 2.75) is 32.9 Å². The van der Waals surface area contributed by atoms with E-state index in [0.717, 1.165) is 23.8 Å². The van der Waals surface area contributed by atoms with Gasteiger partial charge in [0.05, 0.1) is 6.26 Å². The van der Waals surface area contributed by atoms with Gasteiger partial charge in [0.2, 0.25) is 5.91 Å². The van der Waals surface area contributed by atoms with Crippen molar-refractivity contribution in [2.75, 3.05) is 6.26 Å². The van der Waals surface area contributed by atoms with Crippen LogP contribution >= 0.6 is 0 Å². The van der Waals surface area contributed by atoms with Gasteiger partial charge in [-0.3, -0.25) is 4.79 Å². The molecule has 0 saturated heterocycles. The second-order valence-corrected chi connectivity index (χ2v) is 7.49. The normalized spacial score (nSPS) is 11.1. The molecule has 2 aromatic rings. The average molecular weight is 361 g/mol. The van der Waals surface area contributed by atoms with Crippen LogP contribution < -0.4 is 4.18 Å². The number of amides is 1. The minimum Gasteiger partial charge on any atom is -0.383 e. The number of carbonyl (C=O) groups excluding carboxylic acids is 1. The molecule has 2 rings (SSSR count). The van der Waals surface area contributed by atoms with E-state index in [2.05, 4.69) is 0 Å². The van der Waals surface area contributed by atoms with E-state index >= 15 is 0 Å². The quantitative estimate of drug-likeness (QED) is 0.677. The predicted octanol–water partition coefficient (Wildman–Crippen LogP) is 3.35. The third-order valence-corrected chi connectivity index (χ3v) is 4.07. The van der Waals surface area contributed by atoms with E-state index in [1.807, 2.05) is 42.2 Å². The van der Waals surface area contributed by atoms with Crippen LogP contribution in [0, 0.1) is 0 Å². The van der Waals surface area contributed by atoms with Crippen LogP contribution in [0.3, 0.4) is 0 Å². The Morgan fingerprint density at radius 3 is 2.04 bits per heavy atom. The smallest absolute Gasteiger partial charge is 0.306 e. The van der Waals surface area contributed by atoms with Crippen molar-refractivity contribution >= 4 is 16.0 Å². The molecular formula is C19H23NO4S. The van der Waals surface area contributed by atoms with Gasteiger partial charge in [0, 0.05) is 19.5 Å². The molecule has 0 unspecified atom stereocenters. The third-order valence-electron chi connectivity index (χ3n) is 3.58. The average Bonchev–Trinajstić information content (AvgIpc) is 2.56. The van der Waals surface area contributed by atoms with Gasteiger partial charge in [0.25, 0.3) is 0 Å². The first-order valence-electron chi connectivity index (χ1n) is 8.17. The van der Waals surface area contributed by atoms with Crippen LogP contribution in [0.4, 0.5) is 0 Å². The van der Waals surface area contributed by atoms with Crippen molar-refractivity contribution < 1.29 is 17.4 Å². The van der Waals surface area contributed by atoms with Gasteiger partial charge in [-0.25, -0.2) is 0 Å². The summed E-state index contributed by atoms with van der Waals surface area (Å²) in [5.74, 6) is 0.364. The maximum Gasteiger partial charge on any atom is 0.306 e. The standard InChI is InChI=1S/C19H23NO4S/c1-3-7-19(21)20(14-16-8-5-4-6-9-16)15-17-10-12-18(13-11-17)24-25(2,22)23/h4-6,8-13H,3,7,14-15H2,1-2H3. The van der Waals surface area contributed by atoms with E-state index in [1.165, 1.54) is 0 Å². The summed E-state index contributed by atoms with van der Waals surface area (Å²) in [6, 6.07) is 16.6. The Hall–Kier alpha value is -2.34. The highest BCUT2D eigenvalue weighted by molar-refractivity contribution is 7.86. The van der Waals surface area contributed by atoms with E-state index in [9.17, 15) is 13.2 Å². The van der Waals surface area contributed by atoms with Crippen molar-refractivity contribution in [2.24, 2.45) is 0 Å². The Balaban J connectivity index is 2.11. The van der Waals surface area contributed by atoms with Gasteiger partial charge >= 0.3 is 10.1 Å². The molecule has 6 heteroatoms. The fourth-order valence-electron chi connectivity index (χ4n) is 2.45. The molecule has 0 fully saturated rings. The molecule has 2 aromatic carbocycles. The first-order chi connectivity index (χ1) is 11.9. The zero-order valence-corrected chi connectivity index (χ0v) is 15.3. The molecule has 0 atom stereocenters. The minimum absolute atomic E-state index is 0.0998. The highest BCUT2D eigenvalue weighted by Crippen LogP contribution is 2.17. The first kappa shape index (κ1) is 19.0. The molecule has 5 nitrogen and oxygen atoms in total. The number of hydrogen-bond acceptors (Lipinski definition) is 4. The minimum atomic E-state index is -3.54. The van der Waals surface area contributed by atoms with Gasteiger partial charge in [-0.05, 0) is 29.7 Å². The second kappa shape index (κ2) is 8.67. The lowest BCUT2D eigenvalue weighted by molar-refractivity contribution is -0.132. The Morgan fingerprint density at radius 1 is 0.960 bits per heavy atom. The number of carbonyl (C=O) groups is 1. The van der Waals surface area contributed by atoms with Crippen molar-refractivity contribution in [1.82, 2.24) is 4.90 Å². The summed E-state index contributed by atoms with van der Waals surface area (Å²) in [5, 5.41) is 0. The Bertz CT molecular complexity index is 786. The molecule has 0 aliphatic rings. The molecule has 0 heterocycles. The molecular weight excluding hydrogens is 338 g/mol. The molecule has 0 radical (unpaired) electrons. The number of nitrogens with zero attached hydrogens (tertiary/aromatic N) is 1. The Kier molecular flexibility index (Phi) is 6.58. The molecule has 0 spiro atoms. The summed E-state index contributed by atoms with van der Waals surface area (Å²) in [6.45, 7) is 2.99. The molecule has 0 N–H and O–H groups in total. The maximum absolute atomic E-state index is 12.4. The van der Waals surface area contributed by atoms with E-state index in [-0.39, 0.29) is 11.7 Å². The fraction of sp³-hybridized carbons (Fsp3) is 0.316. The van der Waals surface area contributed by atoms with Crippen molar-refractivity contribution in [3.05, 3.63) is 65.7 Å². The van der Waals surface area contributed by atoms with Gasteiger partial charge in [-0.2, -0.15) is 8.42 Å². The number of benzene rings is 2. The molecule has 0 saturated carbocycles. The number of hydrogen-bond donors (Lipinski definition) is 0. The van der Waals surface area contributed by atoms with Gasteiger partial charge in [-0.15, -0.1) is 0 Å². The van der Waals surface area contributed by atoms with E-state index < -0.39 is 10.1 Å². The topological polar surface area (TPSA) is 63.7 Å². The molecule has 0 aromatic heterocycles. The van der Waals surface area contributed by atoms with Crippen LogP contribution in [-0.4, -0.2) is 25.5 Å². The van der Waals surface area contributed by atoms with Crippen LogP contribution in [0.2, 0.25) is 0 Å². The SMILES string of the molecule is CCCC(=O)N(Cc1ccccc1)Cc1ccc(OS(C)(=O)=O)cc1. The summed E-state index contributed by atoms with van der Waals surface area (Å²) >= 11 is 0. The highest BCUT2D eigenvalue weighted by Gasteiger charge is 2.14. The zero-order valence-electron chi connectivity index (χ0n) is 14.5. The first-order valence-corrected chi connectivity index (χ1v) is 9.99. The number of rotatable bonds is 8. The summed E-state index contributed by atoms with van der Waals surface area (Å²) in [4.78, 5) is 14.2. The monoisotopic (exact) mass is 361 g/mol. The molecule has 0 aliphatic heterocycles. The van der Waals surface area contributed by atoms with Crippen LogP contribution in [0.15, 0.2) is 54.6 Å². The highest BCUT2D eigenvalue weighted by atomic mass is 32.2. The lowest BCUT2D eigenvalue weighted by Crippen LogP contribution is -2.29. The van der Waals surface area contributed by atoms with E-state index in [0.29, 0.717) is 19.5 Å². The lowest BCUT2D eigenvalue weighted by Gasteiger charge is -2.23. The van der Waals surface area contributed by atoms with Gasteiger partial charge in [0.1, 0.15) is 5.75 Å². The molecule has 25 heavy (non-hydrogen) atoms. The largest absolute Gasteiger partial charge is 0.383 e. The van der Waals surface area contributed by atoms with Crippen molar-refractivity contribution in [1.29, 1.82) is 0 Å². The predicted molar refractivity (Wildman–Crippen MR) is 97.5 cm³/mol. The van der Waals surface area contributed by atoms with Crippen molar-refractivity contribution in [3.8, 4) is 5.75 Å². The van der Waals surface area contributed by atoms with Gasteiger partial charge < -0.3 is 9.08 Å². The molecule has 134 valence electrons. The van der Waals surface area contributed by atoms with E-state index in [4.69, 9.17) is 4.18 Å². The Labute approximate surface area is 149 Å². The fourth-order valence-corrected chi connectivity index (χ4v) is 2.91. The molecule has 0 bridgehead atoms. The summed E-state index contributed by atoms with van der Waals surface area (Å²) in [7, 11) is -3.54. The van der Waals surface area contributed by atoms with Crippen LogP contribution in [0.25, 0.3) is 0 Å². The van der Waals surface area contributed by atoms with Crippen LogP contribution in [-0.2, 0) is 28.0 Å². The molecule has 0 aliphatic carbocycles. The summed E-state index contributed by atoms with van der Waals surface area (Å²) in [6.07, 6.45) is 2.30. The second-order valence-electron chi connectivity index (χ2n) is 5.92. The summed E-state index contributed by atoms with van der Waals surface area (Å²) < 4.78 is 27.1. The third kappa shape index (κ3) is 6.58. The van der Waals surface area contributed by atoms with E-state index in [1.54, 1.807) is 24.3 Å². The van der Waals surface area contributed by atoms with Crippen LogP contribution in [0.5, 0.6) is 5.75 Å². The van der Waals surface area contributed by atoms with Gasteiger partial charge in [-0.1, -0.05) is 49.4 Å². The van der Waals surface area contributed by atoms with Gasteiger partial charge in [0.15, 0.2) is 0 Å². The van der Waals surface area contributed by atoms with Crippen LogP contribution in [0.1, 0.15) is 30.9 Å². The lowest BCUT2D eigenvalue weighted by atomic mass is 10.1. The zero-order chi connectivity index (χ0) is 18.3. The Morgan fingerprint density at radius 2 is 1.52 bits per heavy atom. The maximum atomic E-state index is 12.4. The molecule has 1 amide bonds. The summed E-state index contributed by atoms with van der Waals surface area (Å²) in [5.41, 5.74) is 1.99. The van der Waals surface area contributed by atoms with Crippen molar-refractivity contribution in [3.63, 3.8) is 0 Å².